The first-order valence-corrected chi connectivity index (χ1v) is 6.88. The van der Waals surface area contributed by atoms with Crippen molar-refractivity contribution in [1.82, 2.24) is 5.43 Å². The lowest BCUT2D eigenvalue weighted by Gasteiger charge is -2.16. The predicted molar refractivity (Wildman–Crippen MR) is 73.8 cm³/mol. The maximum absolute atomic E-state index is 13.5. The molecule has 0 bridgehead atoms. The van der Waals surface area contributed by atoms with E-state index < -0.39 is 0 Å². The lowest BCUT2D eigenvalue weighted by molar-refractivity contribution is 0.511. The number of hydrogen-bond donors (Lipinski definition) is 2. The Bertz CT molecular complexity index is 497. The standard InChI is InChI=1S/C14H17FN2S/c1-10-2-4-12(8-13(10)15)14(17-16)5-3-11-6-7-18-9-11/h2,4,6-9,14,17H,3,5,16H2,1H3. The molecule has 2 aromatic rings. The molecule has 2 nitrogen and oxygen atoms in total. The number of aryl methyl sites for hydroxylation is 2. The molecular weight excluding hydrogens is 247 g/mol. The topological polar surface area (TPSA) is 38.0 Å². The molecule has 1 aromatic carbocycles. The Morgan fingerprint density at radius 1 is 1.39 bits per heavy atom. The summed E-state index contributed by atoms with van der Waals surface area (Å²) in [6.45, 7) is 1.76. The van der Waals surface area contributed by atoms with Crippen LogP contribution in [-0.4, -0.2) is 0 Å². The van der Waals surface area contributed by atoms with Gasteiger partial charge in [0.2, 0.25) is 0 Å². The number of hydrazine groups is 1. The third kappa shape index (κ3) is 3.16. The van der Waals surface area contributed by atoms with E-state index in [1.807, 2.05) is 6.07 Å². The highest BCUT2D eigenvalue weighted by Gasteiger charge is 2.11. The molecule has 1 unspecified atom stereocenters. The summed E-state index contributed by atoms with van der Waals surface area (Å²) in [6, 6.07) is 7.37. The molecule has 1 atom stereocenters. The summed E-state index contributed by atoms with van der Waals surface area (Å²) in [5.41, 5.74) is 5.62. The number of hydrogen-bond acceptors (Lipinski definition) is 3. The first-order chi connectivity index (χ1) is 8.70. The van der Waals surface area contributed by atoms with Crippen molar-refractivity contribution in [3.63, 3.8) is 0 Å². The average molecular weight is 264 g/mol. The van der Waals surface area contributed by atoms with Gasteiger partial charge in [0, 0.05) is 6.04 Å². The molecule has 0 spiro atoms. The van der Waals surface area contributed by atoms with Gasteiger partial charge < -0.3 is 0 Å². The summed E-state index contributed by atoms with van der Waals surface area (Å²) in [6.07, 6.45) is 1.80. The number of benzene rings is 1. The van der Waals surface area contributed by atoms with Gasteiger partial charge in [0.25, 0.3) is 0 Å². The van der Waals surface area contributed by atoms with Gasteiger partial charge in [-0.1, -0.05) is 12.1 Å². The molecule has 0 saturated heterocycles. The normalized spacial score (nSPS) is 12.6. The molecule has 0 aliphatic heterocycles. The number of thiophene rings is 1. The molecule has 0 amide bonds. The average Bonchev–Trinajstić information content (AvgIpc) is 2.87. The van der Waals surface area contributed by atoms with E-state index >= 15 is 0 Å². The number of halogens is 1. The highest BCUT2D eigenvalue weighted by molar-refractivity contribution is 7.07. The summed E-state index contributed by atoms with van der Waals surface area (Å²) in [5.74, 6) is 5.39. The fourth-order valence-corrected chi connectivity index (χ4v) is 2.62. The maximum Gasteiger partial charge on any atom is 0.126 e. The molecule has 0 fully saturated rings. The Morgan fingerprint density at radius 3 is 2.83 bits per heavy atom. The zero-order valence-electron chi connectivity index (χ0n) is 10.3. The van der Waals surface area contributed by atoms with E-state index in [9.17, 15) is 4.39 Å². The Labute approximate surface area is 111 Å². The third-order valence-corrected chi connectivity index (χ3v) is 3.83. The van der Waals surface area contributed by atoms with Crippen LogP contribution in [0.15, 0.2) is 35.0 Å². The molecular formula is C14H17FN2S. The van der Waals surface area contributed by atoms with Crippen LogP contribution in [0.4, 0.5) is 4.39 Å². The van der Waals surface area contributed by atoms with Crippen molar-refractivity contribution >= 4 is 11.3 Å². The van der Waals surface area contributed by atoms with Crippen LogP contribution in [0, 0.1) is 12.7 Å². The Kier molecular flexibility index (Phi) is 4.47. The quantitative estimate of drug-likeness (QED) is 0.642. The van der Waals surface area contributed by atoms with Crippen molar-refractivity contribution in [2.75, 3.05) is 0 Å². The fraction of sp³-hybridized carbons (Fsp3) is 0.286. The van der Waals surface area contributed by atoms with Crippen molar-refractivity contribution < 1.29 is 4.39 Å². The molecule has 96 valence electrons. The number of nitrogens with one attached hydrogen (secondary N) is 1. The zero-order valence-corrected chi connectivity index (χ0v) is 11.1. The second-order valence-electron chi connectivity index (χ2n) is 4.40. The highest BCUT2D eigenvalue weighted by atomic mass is 32.1. The lowest BCUT2D eigenvalue weighted by Crippen LogP contribution is -2.28. The minimum absolute atomic E-state index is 0.0139. The molecule has 18 heavy (non-hydrogen) atoms. The minimum Gasteiger partial charge on any atom is -0.271 e. The van der Waals surface area contributed by atoms with Crippen molar-refractivity contribution in [3.05, 3.63) is 57.5 Å². The summed E-state index contributed by atoms with van der Waals surface area (Å²) in [5, 5.41) is 4.19. The Balaban J connectivity index is 2.05. The van der Waals surface area contributed by atoms with Crippen molar-refractivity contribution in [2.24, 2.45) is 5.84 Å². The van der Waals surface area contributed by atoms with Gasteiger partial charge in [-0.3, -0.25) is 11.3 Å². The Hall–Kier alpha value is -1.23. The van der Waals surface area contributed by atoms with E-state index in [4.69, 9.17) is 5.84 Å². The largest absolute Gasteiger partial charge is 0.271 e. The summed E-state index contributed by atoms with van der Waals surface area (Å²) in [4.78, 5) is 0. The van der Waals surface area contributed by atoms with E-state index in [2.05, 4.69) is 22.3 Å². The van der Waals surface area contributed by atoms with Crippen molar-refractivity contribution in [3.8, 4) is 0 Å². The molecule has 3 N–H and O–H groups in total. The van der Waals surface area contributed by atoms with E-state index in [1.54, 1.807) is 30.4 Å². The van der Waals surface area contributed by atoms with E-state index in [0.29, 0.717) is 5.56 Å². The summed E-state index contributed by atoms with van der Waals surface area (Å²) >= 11 is 1.69. The van der Waals surface area contributed by atoms with Gasteiger partial charge in [-0.2, -0.15) is 11.3 Å². The zero-order chi connectivity index (χ0) is 13.0. The first kappa shape index (κ1) is 13.2. The van der Waals surface area contributed by atoms with Crippen molar-refractivity contribution in [2.45, 2.75) is 25.8 Å². The molecule has 1 aromatic heterocycles. The van der Waals surface area contributed by atoms with Gasteiger partial charge in [-0.25, -0.2) is 4.39 Å². The first-order valence-electron chi connectivity index (χ1n) is 5.94. The summed E-state index contributed by atoms with van der Waals surface area (Å²) in [7, 11) is 0. The van der Waals surface area contributed by atoms with Crippen LogP contribution in [0.2, 0.25) is 0 Å². The van der Waals surface area contributed by atoms with Crippen LogP contribution in [0.3, 0.4) is 0 Å². The van der Waals surface area contributed by atoms with Gasteiger partial charge in [0.05, 0.1) is 0 Å². The third-order valence-electron chi connectivity index (χ3n) is 3.10. The SMILES string of the molecule is Cc1ccc(C(CCc2ccsc2)NN)cc1F. The monoisotopic (exact) mass is 264 g/mol. The van der Waals surface area contributed by atoms with Crippen LogP contribution in [0.5, 0.6) is 0 Å². The highest BCUT2D eigenvalue weighted by Crippen LogP contribution is 2.21. The lowest BCUT2D eigenvalue weighted by atomic mass is 9.99. The van der Waals surface area contributed by atoms with Crippen LogP contribution in [0.25, 0.3) is 0 Å². The van der Waals surface area contributed by atoms with Crippen molar-refractivity contribution in [1.29, 1.82) is 0 Å². The molecule has 0 aliphatic rings. The van der Waals surface area contributed by atoms with E-state index in [0.717, 1.165) is 18.4 Å². The van der Waals surface area contributed by atoms with Crippen LogP contribution >= 0.6 is 11.3 Å². The molecule has 4 heteroatoms. The van der Waals surface area contributed by atoms with Gasteiger partial charge in [-0.05, 0) is 59.3 Å². The second kappa shape index (κ2) is 6.09. The fourth-order valence-electron chi connectivity index (χ4n) is 1.92. The number of rotatable bonds is 5. The van der Waals surface area contributed by atoms with Gasteiger partial charge in [0.15, 0.2) is 0 Å². The van der Waals surface area contributed by atoms with Gasteiger partial charge >= 0.3 is 0 Å². The predicted octanol–water partition coefficient (Wildman–Crippen LogP) is 3.33. The second-order valence-corrected chi connectivity index (χ2v) is 5.18. The van der Waals surface area contributed by atoms with Crippen LogP contribution in [0.1, 0.15) is 29.2 Å². The van der Waals surface area contributed by atoms with E-state index in [-0.39, 0.29) is 11.9 Å². The Morgan fingerprint density at radius 2 is 2.22 bits per heavy atom. The molecule has 0 aliphatic carbocycles. The molecule has 0 saturated carbocycles. The van der Waals surface area contributed by atoms with Crippen LogP contribution in [-0.2, 0) is 6.42 Å². The van der Waals surface area contributed by atoms with E-state index in [1.165, 1.54) is 5.56 Å². The van der Waals surface area contributed by atoms with Gasteiger partial charge in [-0.15, -0.1) is 0 Å². The molecule has 0 radical (unpaired) electrons. The maximum atomic E-state index is 13.5. The van der Waals surface area contributed by atoms with Gasteiger partial charge in [0.1, 0.15) is 5.82 Å². The molecule has 2 rings (SSSR count). The summed E-state index contributed by atoms with van der Waals surface area (Å²) < 4.78 is 13.5. The minimum atomic E-state index is -0.178. The van der Waals surface area contributed by atoms with Crippen LogP contribution < -0.4 is 11.3 Å². The molecule has 1 heterocycles. The number of nitrogens with two attached hydrogens (primary N) is 1. The smallest absolute Gasteiger partial charge is 0.126 e.